The second-order valence-corrected chi connectivity index (χ2v) is 7.64. The van der Waals surface area contributed by atoms with Gasteiger partial charge in [0, 0.05) is 17.5 Å². The molecule has 2 aromatic heterocycles. The first-order valence-electron chi connectivity index (χ1n) is 9.19. The van der Waals surface area contributed by atoms with Crippen LogP contribution in [0.15, 0.2) is 41.8 Å². The summed E-state index contributed by atoms with van der Waals surface area (Å²) in [6, 6.07) is 10.5. The largest absolute Gasteiger partial charge is 0.481 e. The lowest BCUT2D eigenvalue weighted by molar-refractivity contribution is -0.136. The molecule has 0 fully saturated rings. The molecule has 2 heterocycles. The van der Waals surface area contributed by atoms with Crippen LogP contribution in [0.4, 0.5) is 5.13 Å². The molecule has 30 heavy (non-hydrogen) atoms. The Morgan fingerprint density at radius 2 is 1.93 bits per heavy atom. The Bertz CT molecular complexity index is 1060. The monoisotopic (exact) mass is 427 g/mol. The first-order chi connectivity index (χ1) is 14.3. The van der Waals surface area contributed by atoms with E-state index in [2.05, 4.69) is 15.3 Å². The number of ether oxygens (including phenoxy) is 2. The number of carbonyl (C=O) groups excluding carboxylic acids is 1. The Kier molecular flexibility index (Phi) is 6.63. The van der Waals surface area contributed by atoms with Gasteiger partial charge < -0.3 is 14.6 Å². The lowest BCUT2D eigenvalue weighted by atomic mass is 10.2. The Hall–Kier alpha value is -3.46. The number of carboxylic acid groups (broad SMARTS) is 1. The molecule has 3 rings (SSSR count). The van der Waals surface area contributed by atoms with Crippen LogP contribution < -0.4 is 14.8 Å². The lowest BCUT2D eigenvalue weighted by Gasteiger charge is -2.13. The first kappa shape index (κ1) is 21.3. The van der Waals surface area contributed by atoms with Crippen molar-refractivity contribution in [2.45, 2.75) is 33.3 Å². The molecule has 0 atom stereocenters. The van der Waals surface area contributed by atoms with Crippen molar-refractivity contribution in [3.63, 3.8) is 0 Å². The number of thiazole rings is 1. The third-order valence-corrected chi connectivity index (χ3v) is 4.52. The minimum absolute atomic E-state index is 0.139. The predicted molar refractivity (Wildman–Crippen MR) is 113 cm³/mol. The fourth-order valence-electron chi connectivity index (χ4n) is 2.54. The zero-order valence-electron chi connectivity index (χ0n) is 16.7. The molecule has 0 spiro atoms. The van der Waals surface area contributed by atoms with Crippen molar-refractivity contribution in [3.8, 4) is 17.5 Å². The van der Waals surface area contributed by atoms with Crippen LogP contribution >= 0.6 is 11.3 Å². The number of benzene rings is 1. The maximum Gasteiger partial charge on any atom is 0.309 e. The highest BCUT2D eigenvalue weighted by Gasteiger charge is 2.15. The van der Waals surface area contributed by atoms with E-state index in [1.807, 2.05) is 39.0 Å². The summed E-state index contributed by atoms with van der Waals surface area (Å²) >= 11 is 1.15. The van der Waals surface area contributed by atoms with E-state index in [1.165, 1.54) is 12.1 Å². The number of aryl methyl sites for hydroxylation is 1. The predicted octanol–water partition coefficient (Wildman–Crippen LogP) is 4.31. The maximum absolute atomic E-state index is 12.7. The van der Waals surface area contributed by atoms with Gasteiger partial charge in [0.2, 0.25) is 11.8 Å². The molecule has 0 bridgehead atoms. The molecular formula is C21H21N3O5S. The summed E-state index contributed by atoms with van der Waals surface area (Å²) in [5, 5.41) is 13.4. The molecule has 156 valence electrons. The Morgan fingerprint density at radius 3 is 2.63 bits per heavy atom. The highest BCUT2D eigenvalue weighted by atomic mass is 32.1. The number of carbonyl (C=O) groups is 2. The molecule has 0 saturated carbocycles. The molecular weight excluding hydrogens is 406 g/mol. The third-order valence-electron chi connectivity index (χ3n) is 3.71. The van der Waals surface area contributed by atoms with Gasteiger partial charge in [0.25, 0.3) is 5.91 Å². The van der Waals surface area contributed by atoms with E-state index < -0.39 is 11.9 Å². The summed E-state index contributed by atoms with van der Waals surface area (Å²) in [6.45, 7) is 5.66. The van der Waals surface area contributed by atoms with Crippen molar-refractivity contribution in [1.29, 1.82) is 0 Å². The number of nitrogens with zero attached hydrogens (tertiary/aromatic N) is 2. The molecule has 0 unspecified atom stereocenters. The topological polar surface area (TPSA) is 111 Å². The van der Waals surface area contributed by atoms with Crippen molar-refractivity contribution in [3.05, 3.63) is 58.6 Å². The van der Waals surface area contributed by atoms with Crippen LogP contribution in [0.2, 0.25) is 0 Å². The number of hydrogen-bond acceptors (Lipinski definition) is 7. The molecule has 1 aromatic carbocycles. The molecule has 1 amide bonds. The van der Waals surface area contributed by atoms with Crippen molar-refractivity contribution in [1.82, 2.24) is 9.97 Å². The van der Waals surface area contributed by atoms with Crippen LogP contribution in [0.3, 0.4) is 0 Å². The number of hydrogen-bond donors (Lipinski definition) is 2. The van der Waals surface area contributed by atoms with E-state index >= 15 is 0 Å². The Labute approximate surface area is 177 Å². The van der Waals surface area contributed by atoms with Crippen LogP contribution in [0.25, 0.3) is 0 Å². The van der Waals surface area contributed by atoms with E-state index in [-0.39, 0.29) is 29.8 Å². The molecule has 0 aliphatic rings. The average molecular weight is 427 g/mol. The molecule has 0 aliphatic heterocycles. The van der Waals surface area contributed by atoms with Gasteiger partial charge in [-0.25, -0.2) is 4.98 Å². The molecule has 0 saturated heterocycles. The number of anilines is 1. The van der Waals surface area contributed by atoms with E-state index in [4.69, 9.17) is 14.6 Å². The lowest BCUT2D eigenvalue weighted by Crippen LogP contribution is -2.14. The Morgan fingerprint density at radius 1 is 1.17 bits per heavy atom. The quantitative estimate of drug-likeness (QED) is 0.551. The second-order valence-electron chi connectivity index (χ2n) is 6.79. The minimum Gasteiger partial charge on any atom is -0.481 e. The number of aliphatic carboxylic acids is 1. The zero-order valence-corrected chi connectivity index (χ0v) is 17.5. The van der Waals surface area contributed by atoms with Crippen molar-refractivity contribution in [2.75, 3.05) is 5.32 Å². The fourth-order valence-corrected chi connectivity index (χ4v) is 3.24. The summed E-state index contributed by atoms with van der Waals surface area (Å²) in [5.41, 5.74) is 1.68. The van der Waals surface area contributed by atoms with Crippen LogP contribution in [0.5, 0.6) is 17.5 Å². The standard InChI is InChI=1S/C21H21N3O5S/c1-12(2)28-17-8-14(9-18(23-17)29-16-6-4-5-13(3)7-16)20(27)24-21-22-15(11-30-21)10-19(25)26/h4-9,11-12H,10H2,1-3H3,(H,25,26)(H,22,24,27). The number of rotatable bonds is 8. The zero-order chi connectivity index (χ0) is 21.7. The van der Waals surface area contributed by atoms with E-state index in [1.54, 1.807) is 11.4 Å². The smallest absolute Gasteiger partial charge is 0.309 e. The normalized spacial score (nSPS) is 10.7. The van der Waals surface area contributed by atoms with Gasteiger partial charge in [0.1, 0.15) is 5.75 Å². The summed E-state index contributed by atoms with van der Waals surface area (Å²) in [5.74, 6) is -0.355. The summed E-state index contributed by atoms with van der Waals surface area (Å²) in [6.07, 6.45) is -0.345. The molecule has 0 aliphatic carbocycles. The number of nitrogens with one attached hydrogen (secondary N) is 1. The van der Waals surface area contributed by atoms with Gasteiger partial charge in [0.15, 0.2) is 5.13 Å². The summed E-state index contributed by atoms with van der Waals surface area (Å²) in [7, 11) is 0. The molecule has 9 heteroatoms. The number of aromatic nitrogens is 2. The number of carboxylic acids is 1. The maximum atomic E-state index is 12.7. The van der Waals surface area contributed by atoms with Crippen LogP contribution in [-0.2, 0) is 11.2 Å². The van der Waals surface area contributed by atoms with Crippen molar-refractivity contribution >= 4 is 28.3 Å². The van der Waals surface area contributed by atoms with Gasteiger partial charge >= 0.3 is 5.97 Å². The van der Waals surface area contributed by atoms with Gasteiger partial charge in [-0.15, -0.1) is 11.3 Å². The van der Waals surface area contributed by atoms with Gasteiger partial charge in [0.05, 0.1) is 23.8 Å². The van der Waals surface area contributed by atoms with E-state index in [9.17, 15) is 9.59 Å². The van der Waals surface area contributed by atoms with Gasteiger partial charge in [-0.3, -0.25) is 14.9 Å². The van der Waals surface area contributed by atoms with Gasteiger partial charge in [-0.2, -0.15) is 4.98 Å². The molecule has 0 radical (unpaired) electrons. The SMILES string of the molecule is Cc1cccc(Oc2cc(C(=O)Nc3nc(CC(=O)O)cs3)cc(OC(C)C)n2)c1. The highest BCUT2D eigenvalue weighted by molar-refractivity contribution is 7.14. The van der Waals surface area contributed by atoms with Gasteiger partial charge in [-0.1, -0.05) is 12.1 Å². The fraction of sp³-hybridized carbons (Fsp3) is 0.238. The first-order valence-corrected chi connectivity index (χ1v) is 10.1. The average Bonchev–Trinajstić information content (AvgIpc) is 3.07. The Balaban J connectivity index is 1.83. The van der Waals surface area contributed by atoms with Crippen LogP contribution in [-0.4, -0.2) is 33.1 Å². The number of pyridine rings is 1. The van der Waals surface area contributed by atoms with Gasteiger partial charge in [-0.05, 0) is 38.5 Å². The minimum atomic E-state index is -0.985. The molecule has 3 aromatic rings. The third kappa shape index (κ3) is 6.02. The number of amides is 1. The van der Waals surface area contributed by atoms with Crippen LogP contribution in [0, 0.1) is 6.92 Å². The second kappa shape index (κ2) is 9.36. The molecule has 8 nitrogen and oxygen atoms in total. The van der Waals surface area contributed by atoms with Crippen molar-refractivity contribution < 1.29 is 24.2 Å². The highest BCUT2D eigenvalue weighted by Crippen LogP contribution is 2.26. The van der Waals surface area contributed by atoms with E-state index in [0.29, 0.717) is 16.6 Å². The van der Waals surface area contributed by atoms with Crippen LogP contribution in [0.1, 0.15) is 35.5 Å². The molecule has 2 N–H and O–H groups in total. The summed E-state index contributed by atoms with van der Waals surface area (Å²) < 4.78 is 11.5. The van der Waals surface area contributed by atoms with Crippen molar-refractivity contribution in [2.24, 2.45) is 0 Å². The van der Waals surface area contributed by atoms with E-state index in [0.717, 1.165) is 16.9 Å². The summed E-state index contributed by atoms with van der Waals surface area (Å²) in [4.78, 5) is 32.0.